The van der Waals surface area contributed by atoms with E-state index in [0.29, 0.717) is 23.3 Å². The topological polar surface area (TPSA) is 72.8 Å². The molecule has 0 bridgehead atoms. The molecule has 0 aliphatic rings. The normalized spacial score (nSPS) is 10.5. The average Bonchev–Trinajstić information content (AvgIpc) is 2.53. The Balaban J connectivity index is 2.37. The van der Waals surface area contributed by atoms with E-state index in [1.54, 1.807) is 24.3 Å². The summed E-state index contributed by atoms with van der Waals surface area (Å²) in [7, 11) is 1.42. The van der Waals surface area contributed by atoms with Crippen molar-refractivity contribution in [3.8, 4) is 5.75 Å². The van der Waals surface area contributed by atoms with Crippen molar-refractivity contribution in [1.29, 1.82) is 0 Å². The lowest BCUT2D eigenvalue weighted by Gasteiger charge is -2.09. The molecule has 0 amide bonds. The van der Waals surface area contributed by atoms with Gasteiger partial charge in [0.2, 0.25) is 0 Å². The predicted octanol–water partition coefficient (Wildman–Crippen LogP) is 3.50. The van der Waals surface area contributed by atoms with Gasteiger partial charge in [0.1, 0.15) is 11.3 Å². The number of carbonyl (C=O) groups is 2. The number of carboxylic acids is 1. The molecule has 0 spiro atoms. The molecular weight excluding hydrogens is 284 g/mol. The van der Waals surface area contributed by atoms with Crippen LogP contribution in [0.15, 0.2) is 30.3 Å². The Morgan fingerprint density at radius 2 is 1.91 bits per heavy atom. The van der Waals surface area contributed by atoms with E-state index in [1.165, 1.54) is 13.2 Å². The fourth-order valence-corrected chi connectivity index (χ4v) is 2.13. The number of esters is 1. The second-order valence-corrected chi connectivity index (χ2v) is 4.91. The molecule has 0 aromatic heterocycles. The fraction of sp³-hybridized carbons (Fsp3) is 0.294. The highest BCUT2D eigenvalue weighted by Crippen LogP contribution is 2.27. The largest absolute Gasteiger partial charge is 0.496 e. The molecule has 0 saturated heterocycles. The van der Waals surface area contributed by atoms with Crippen LogP contribution in [0.25, 0.3) is 10.8 Å². The number of fused-ring (bicyclic) bond motifs is 1. The number of benzene rings is 2. The molecule has 0 heterocycles. The molecule has 0 atom stereocenters. The van der Waals surface area contributed by atoms with Gasteiger partial charge in [0.15, 0.2) is 0 Å². The Morgan fingerprint density at radius 1 is 1.14 bits per heavy atom. The highest BCUT2D eigenvalue weighted by atomic mass is 16.5. The molecule has 22 heavy (non-hydrogen) atoms. The van der Waals surface area contributed by atoms with Crippen molar-refractivity contribution in [2.75, 3.05) is 13.7 Å². The molecule has 2 aromatic rings. The summed E-state index contributed by atoms with van der Waals surface area (Å²) in [6.07, 6.45) is 1.77. The standard InChI is InChI=1S/C17H18O5/c1-3-4-7-22-17(20)12-6-5-11-10-15(21-2)14(16(18)19)9-13(11)8-12/h5-6,8-10H,3-4,7H2,1-2H3,(H,18,19). The number of methoxy groups -OCH3 is 1. The minimum atomic E-state index is -1.07. The first-order valence-electron chi connectivity index (χ1n) is 7.09. The van der Waals surface area contributed by atoms with E-state index in [9.17, 15) is 14.7 Å². The van der Waals surface area contributed by atoms with Gasteiger partial charge in [-0.3, -0.25) is 0 Å². The van der Waals surface area contributed by atoms with E-state index in [-0.39, 0.29) is 5.56 Å². The molecule has 2 aromatic carbocycles. The SMILES string of the molecule is CCCCOC(=O)c1ccc2cc(OC)c(C(=O)O)cc2c1. The van der Waals surface area contributed by atoms with Gasteiger partial charge >= 0.3 is 11.9 Å². The summed E-state index contributed by atoms with van der Waals surface area (Å²) in [6, 6.07) is 8.19. The zero-order chi connectivity index (χ0) is 16.1. The first kappa shape index (κ1) is 15.8. The first-order chi connectivity index (χ1) is 10.6. The summed E-state index contributed by atoms with van der Waals surface area (Å²) in [6.45, 7) is 2.40. The third-order valence-corrected chi connectivity index (χ3v) is 3.36. The van der Waals surface area contributed by atoms with Gasteiger partial charge in [-0.25, -0.2) is 9.59 Å². The van der Waals surface area contributed by atoms with Crippen LogP contribution in [0.4, 0.5) is 0 Å². The van der Waals surface area contributed by atoms with Crippen LogP contribution >= 0.6 is 0 Å². The monoisotopic (exact) mass is 302 g/mol. The van der Waals surface area contributed by atoms with Crippen molar-refractivity contribution >= 4 is 22.7 Å². The predicted molar refractivity (Wildman–Crippen MR) is 82.6 cm³/mol. The number of carboxylic acid groups (broad SMARTS) is 1. The number of aromatic carboxylic acids is 1. The summed E-state index contributed by atoms with van der Waals surface area (Å²) < 4.78 is 10.2. The Hall–Kier alpha value is -2.56. The van der Waals surface area contributed by atoms with E-state index >= 15 is 0 Å². The van der Waals surface area contributed by atoms with Gasteiger partial charge in [-0.1, -0.05) is 19.4 Å². The number of hydrogen-bond donors (Lipinski definition) is 1. The summed E-state index contributed by atoms with van der Waals surface area (Å²) in [5.41, 5.74) is 0.469. The third-order valence-electron chi connectivity index (χ3n) is 3.36. The molecule has 1 N–H and O–H groups in total. The molecule has 0 unspecified atom stereocenters. The molecule has 5 heteroatoms. The van der Waals surface area contributed by atoms with Crippen LogP contribution < -0.4 is 4.74 Å². The van der Waals surface area contributed by atoms with Gasteiger partial charge in [-0.15, -0.1) is 0 Å². The average molecular weight is 302 g/mol. The molecule has 0 aliphatic heterocycles. The van der Waals surface area contributed by atoms with Crippen molar-refractivity contribution in [3.63, 3.8) is 0 Å². The minimum Gasteiger partial charge on any atom is -0.496 e. The van der Waals surface area contributed by atoms with Gasteiger partial charge in [0, 0.05) is 0 Å². The van der Waals surface area contributed by atoms with E-state index in [0.717, 1.165) is 18.2 Å². The first-order valence-corrected chi connectivity index (χ1v) is 7.09. The quantitative estimate of drug-likeness (QED) is 0.653. The smallest absolute Gasteiger partial charge is 0.339 e. The highest BCUT2D eigenvalue weighted by molar-refractivity contribution is 6.00. The van der Waals surface area contributed by atoms with Crippen LogP contribution in [0.3, 0.4) is 0 Å². The molecule has 0 fully saturated rings. The second-order valence-electron chi connectivity index (χ2n) is 4.91. The van der Waals surface area contributed by atoms with Crippen LogP contribution in [-0.4, -0.2) is 30.8 Å². The van der Waals surface area contributed by atoms with E-state index in [4.69, 9.17) is 9.47 Å². The van der Waals surface area contributed by atoms with Crippen molar-refractivity contribution in [1.82, 2.24) is 0 Å². The number of unbranched alkanes of at least 4 members (excludes halogenated alkanes) is 1. The van der Waals surface area contributed by atoms with Crippen LogP contribution in [0.2, 0.25) is 0 Å². The molecule has 0 radical (unpaired) electrons. The molecule has 0 aliphatic carbocycles. The van der Waals surface area contributed by atoms with Crippen LogP contribution in [-0.2, 0) is 4.74 Å². The van der Waals surface area contributed by atoms with Crippen LogP contribution in [0, 0.1) is 0 Å². The zero-order valence-electron chi connectivity index (χ0n) is 12.6. The Bertz CT molecular complexity index is 706. The summed E-state index contributed by atoms with van der Waals surface area (Å²) >= 11 is 0. The highest BCUT2D eigenvalue weighted by Gasteiger charge is 2.14. The maximum atomic E-state index is 11.9. The molecule has 0 saturated carbocycles. The lowest BCUT2D eigenvalue weighted by atomic mass is 10.0. The lowest BCUT2D eigenvalue weighted by Crippen LogP contribution is -2.06. The number of hydrogen-bond acceptors (Lipinski definition) is 4. The van der Waals surface area contributed by atoms with Crippen molar-refractivity contribution in [2.24, 2.45) is 0 Å². The third kappa shape index (κ3) is 3.36. The summed E-state index contributed by atoms with van der Waals surface area (Å²) in [5, 5.41) is 10.7. The molecule has 116 valence electrons. The Morgan fingerprint density at radius 3 is 2.55 bits per heavy atom. The zero-order valence-corrected chi connectivity index (χ0v) is 12.6. The second kappa shape index (κ2) is 6.93. The van der Waals surface area contributed by atoms with Crippen LogP contribution in [0.5, 0.6) is 5.75 Å². The van der Waals surface area contributed by atoms with Crippen molar-refractivity contribution < 1.29 is 24.2 Å². The summed E-state index contributed by atoms with van der Waals surface area (Å²) in [5.74, 6) is -1.18. The van der Waals surface area contributed by atoms with Gasteiger partial charge in [-0.05, 0) is 41.5 Å². The van der Waals surface area contributed by atoms with Crippen molar-refractivity contribution in [3.05, 3.63) is 41.5 Å². The maximum absolute atomic E-state index is 11.9. The number of ether oxygens (including phenoxy) is 2. The Kier molecular flexibility index (Phi) is 4.99. The molecule has 5 nitrogen and oxygen atoms in total. The minimum absolute atomic E-state index is 0.0616. The van der Waals surface area contributed by atoms with Crippen LogP contribution in [0.1, 0.15) is 40.5 Å². The van der Waals surface area contributed by atoms with E-state index < -0.39 is 11.9 Å². The van der Waals surface area contributed by atoms with Gasteiger partial charge in [0.25, 0.3) is 0 Å². The van der Waals surface area contributed by atoms with Gasteiger partial charge < -0.3 is 14.6 Å². The Labute approximate surface area is 128 Å². The van der Waals surface area contributed by atoms with Gasteiger partial charge in [0.05, 0.1) is 19.3 Å². The number of rotatable bonds is 6. The van der Waals surface area contributed by atoms with Crippen molar-refractivity contribution in [2.45, 2.75) is 19.8 Å². The van der Waals surface area contributed by atoms with Gasteiger partial charge in [-0.2, -0.15) is 0 Å². The van der Waals surface area contributed by atoms with E-state index in [2.05, 4.69) is 0 Å². The molecule has 2 rings (SSSR count). The number of carbonyl (C=O) groups excluding carboxylic acids is 1. The lowest BCUT2D eigenvalue weighted by molar-refractivity contribution is 0.0499. The maximum Gasteiger partial charge on any atom is 0.339 e. The van der Waals surface area contributed by atoms with E-state index in [1.807, 2.05) is 6.92 Å². The fourth-order valence-electron chi connectivity index (χ4n) is 2.13. The molecular formula is C17H18O5. The summed E-state index contributed by atoms with van der Waals surface area (Å²) in [4.78, 5) is 23.2.